The van der Waals surface area contributed by atoms with E-state index >= 15 is 0 Å². The van der Waals surface area contributed by atoms with Gasteiger partial charge in [0, 0.05) is 12.7 Å². The standard InChI is InChI=1S/C12H15NO5/c1-16-6-9(5-14)13-12(15)8-2-3-10-11(4-8)18-7-17-10/h2-4,9,14H,5-7H2,1H3,(H,13,15). The number of benzene rings is 1. The van der Waals surface area contributed by atoms with Crippen molar-refractivity contribution in [3.63, 3.8) is 0 Å². The van der Waals surface area contributed by atoms with Crippen molar-refractivity contribution >= 4 is 5.91 Å². The lowest BCUT2D eigenvalue weighted by atomic mass is 10.1. The molecule has 0 bridgehead atoms. The molecule has 0 aromatic heterocycles. The highest BCUT2D eigenvalue weighted by Gasteiger charge is 2.18. The van der Waals surface area contributed by atoms with Gasteiger partial charge in [-0.1, -0.05) is 0 Å². The van der Waals surface area contributed by atoms with Crippen molar-refractivity contribution in [3.05, 3.63) is 23.8 Å². The van der Waals surface area contributed by atoms with Crippen molar-refractivity contribution in [1.29, 1.82) is 0 Å². The smallest absolute Gasteiger partial charge is 0.251 e. The fourth-order valence-corrected chi connectivity index (χ4v) is 1.65. The van der Waals surface area contributed by atoms with Crippen molar-refractivity contribution in [2.24, 2.45) is 0 Å². The van der Waals surface area contributed by atoms with Gasteiger partial charge >= 0.3 is 0 Å². The molecule has 1 unspecified atom stereocenters. The summed E-state index contributed by atoms with van der Waals surface area (Å²) in [5.41, 5.74) is 0.453. The van der Waals surface area contributed by atoms with Crippen LogP contribution in [0.1, 0.15) is 10.4 Å². The molecule has 18 heavy (non-hydrogen) atoms. The molecule has 1 atom stereocenters. The number of amides is 1. The van der Waals surface area contributed by atoms with Crippen molar-refractivity contribution in [3.8, 4) is 11.5 Å². The first-order chi connectivity index (χ1) is 8.74. The van der Waals surface area contributed by atoms with Crippen molar-refractivity contribution in [1.82, 2.24) is 5.32 Å². The zero-order valence-corrected chi connectivity index (χ0v) is 10.0. The van der Waals surface area contributed by atoms with Crippen LogP contribution >= 0.6 is 0 Å². The zero-order chi connectivity index (χ0) is 13.0. The molecular weight excluding hydrogens is 238 g/mol. The van der Waals surface area contributed by atoms with E-state index < -0.39 is 6.04 Å². The van der Waals surface area contributed by atoms with Crippen LogP contribution in [0.4, 0.5) is 0 Å². The van der Waals surface area contributed by atoms with Crippen molar-refractivity contribution in [2.75, 3.05) is 27.1 Å². The first-order valence-electron chi connectivity index (χ1n) is 5.55. The van der Waals surface area contributed by atoms with E-state index in [2.05, 4.69) is 5.32 Å². The van der Waals surface area contributed by atoms with Gasteiger partial charge in [0.15, 0.2) is 11.5 Å². The number of ether oxygens (including phenoxy) is 3. The van der Waals surface area contributed by atoms with E-state index in [1.54, 1.807) is 18.2 Å². The SMILES string of the molecule is COCC(CO)NC(=O)c1ccc2c(c1)OCO2. The molecule has 6 nitrogen and oxygen atoms in total. The monoisotopic (exact) mass is 253 g/mol. The molecule has 1 aliphatic heterocycles. The predicted octanol–water partition coefficient (Wildman–Crippen LogP) is 0.152. The molecule has 1 aliphatic rings. The summed E-state index contributed by atoms with van der Waals surface area (Å²) in [5, 5.41) is 11.7. The van der Waals surface area contributed by atoms with Crippen LogP contribution in [-0.4, -0.2) is 44.2 Å². The average molecular weight is 253 g/mol. The molecule has 2 N–H and O–H groups in total. The Hall–Kier alpha value is -1.79. The van der Waals surface area contributed by atoms with Gasteiger partial charge in [0.2, 0.25) is 6.79 Å². The van der Waals surface area contributed by atoms with Crippen LogP contribution in [0.15, 0.2) is 18.2 Å². The van der Waals surface area contributed by atoms with Crippen LogP contribution in [0.5, 0.6) is 11.5 Å². The number of nitrogens with one attached hydrogen (secondary N) is 1. The first kappa shape index (κ1) is 12.7. The largest absolute Gasteiger partial charge is 0.454 e. The minimum absolute atomic E-state index is 0.170. The molecular formula is C12H15NO5. The van der Waals surface area contributed by atoms with Crippen LogP contribution in [0.25, 0.3) is 0 Å². The highest BCUT2D eigenvalue weighted by molar-refractivity contribution is 5.95. The summed E-state index contributed by atoms with van der Waals surface area (Å²) in [6.45, 7) is 0.250. The third-order valence-corrected chi connectivity index (χ3v) is 2.56. The number of aliphatic hydroxyl groups excluding tert-OH is 1. The maximum Gasteiger partial charge on any atom is 0.251 e. The number of rotatable bonds is 5. The summed E-state index contributed by atoms with van der Waals surface area (Å²) in [6.07, 6.45) is 0. The third-order valence-electron chi connectivity index (χ3n) is 2.56. The van der Waals surface area contributed by atoms with Crippen LogP contribution in [-0.2, 0) is 4.74 Å². The van der Waals surface area contributed by atoms with Crippen molar-refractivity contribution in [2.45, 2.75) is 6.04 Å². The van der Waals surface area contributed by atoms with Crippen molar-refractivity contribution < 1.29 is 24.1 Å². The maximum absolute atomic E-state index is 11.9. The van der Waals surface area contributed by atoms with Gasteiger partial charge in [-0.15, -0.1) is 0 Å². The fourth-order valence-electron chi connectivity index (χ4n) is 1.65. The molecule has 1 aromatic carbocycles. The molecule has 6 heteroatoms. The average Bonchev–Trinajstić information content (AvgIpc) is 2.85. The minimum atomic E-state index is -0.423. The van der Waals surface area contributed by atoms with Crippen LogP contribution < -0.4 is 14.8 Å². The Labute approximate surface area is 104 Å². The molecule has 1 aromatic rings. The molecule has 0 saturated carbocycles. The van der Waals surface area contributed by atoms with Crippen LogP contribution in [0.2, 0.25) is 0 Å². The van der Waals surface area contributed by atoms with Gasteiger partial charge in [0.05, 0.1) is 19.3 Å². The Morgan fingerprint density at radius 1 is 1.50 bits per heavy atom. The number of aliphatic hydroxyl groups is 1. The molecule has 0 aliphatic carbocycles. The molecule has 1 heterocycles. The highest BCUT2D eigenvalue weighted by atomic mass is 16.7. The van der Waals surface area contributed by atoms with Gasteiger partial charge in [0.1, 0.15) is 0 Å². The van der Waals surface area contributed by atoms with E-state index in [1.165, 1.54) is 7.11 Å². The summed E-state index contributed by atoms with van der Waals surface area (Å²) in [5.74, 6) is 0.890. The lowest BCUT2D eigenvalue weighted by Crippen LogP contribution is -2.40. The Kier molecular flexibility index (Phi) is 4.01. The number of methoxy groups -OCH3 is 1. The van der Waals surface area contributed by atoms with Gasteiger partial charge in [-0.2, -0.15) is 0 Å². The molecule has 0 saturated heterocycles. The van der Waals surface area contributed by atoms with Gasteiger partial charge in [0.25, 0.3) is 5.91 Å². The molecule has 0 spiro atoms. The predicted molar refractivity (Wildman–Crippen MR) is 62.8 cm³/mol. The molecule has 2 rings (SSSR count). The van der Waals surface area contributed by atoms with Gasteiger partial charge in [-0.3, -0.25) is 4.79 Å². The number of carbonyl (C=O) groups is 1. The van der Waals surface area contributed by atoms with E-state index in [1.807, 2.05) is 0 Å². The van der Waals surface area contributed by atoms with Gasteiger partial charge < -0.3 is 24.6 Å². The molecule has 98 valence electrons. The Bertz CT molecular complexity index is 434. The second-order valence-corrected chi connectivity index (χ2v) is 3.88. The lowest BCUT2D eigenvalue weighted by molar-refractivity contribution is 0.0839. The Morgan fingerprint density at radius 3 is 3.00 bits per heavy atom. The number of fused-ring (bicyclic) bond motifs is 1. The zero-order valence-electron chi connectivity index (χ0n) is 10.0. The summed E-state index contributed by atoms with van der Waals surface area (Å²) in [6, 6.07) is 4.51. The summed E-state index contributed by atoms with van der Waals surface area (Å²) in [4.78, 5) is 11.9. The van der Waals surface area contributed by atoms with E-state index in [0.717, 1.165) is 0 Å². The molecule has 0 fully saturated rings. The second kappa shape index (κ2) is 5.70. The second-order valence-electron chi connectivity index (χ2n) is 3.88. The first-order valence-corrected chi connectivity index (χ1v) is 5.55. The van der Waals surface area contributed by atoms with Crippen LogP contribution in [0.3, 0.4) is 0 Å². The number of hydrogen-bond donors (Lipinski definition) is 2. The van der Waals surface area contributed by atoms with Crippen LogP contribution in [0, 0.1) is 0 Å². The fraction of sp³-hybridized carbons (Fsp3) is 0.417. The summed E-state index contributed by atoms with van der Waals surface area (Å²) >= 11 is 0. The normalized spacial score (nSPS) is 14.3. The number of hydrogen-bond acceptors (Lipinski definition) is 5. The Balaban J connectivity index is 2.04. The van der Waals surface area contributed by atoms with E-state index in [9.17, 15) is 4.79 Å². The minimum Gasteiger partial charge on any atom is -0.454 e. The third kappa shape index (κ3) is 2.72. The van der Waals surface area contributed by atoms with E-state index in [-0.39, 0.29) is 25.9 Å². The van der Waals surface area contributed by atoms with Gasteiger partial charge in [-0.05, 0) is 18.2 Å². The molecule has 1 amide bonds. The quantitative estimate of drug-likeness (QED) is 0.781. The maximum atomic E-state index is 11.9. The highest BCUT2D eigenvalue weighted by Crippen LogP contribution is 2.32. The van der Waals surface area contributed by atoms with E-state index in [0.29, 0.717) is 17.1 Å². The van der Waals surface area contributed by atoms with Gasteiger partial charge in [-0.25, -0.2) is 0 Å². The van der Waals surface area contributed by atoms with E-state index in [4.69, 9.17) is 19.3 Å². The molecule has 0 radical (unpaired) electrons. The summed E-state index contributed by atoms with van der Waals surface area (Å²) in [7, 11) is 1.51. The Morgan fingerprint density at radius 2 is 2.28 bits per heavy atom. The number of carbonyl (C=O) groups excluding carboxylic acids is 1. The topological polar surface area (TPSA) is 77.0 Å². The summed E-state index contributed by atoms with van der Waals surface area (Å²) < 4.78 is 15.2. The lowest BCUT2D eigenvalue weighted by Gasteiger charge is -2.15.